The van der Waals surface area contributed by atoms with Crippen molar-refractivity contribution in [3.8, 4) is 0 Å². The van der Waals surface area contributed by atoms with E-state index in [0.29, 0.717) is 18.7 Å². The molecule has 0 radical (unpaired) electrons. The summed E-state index contributed by atoms with van der Waals surface area (Å²) in [5, 5.41) is 0. The second-order valence-electron chi connectivity index (χ2n) is 7.23. The first-order chi connectivity index (χ1) is 13.5. The molecule has 2 aromatic heterocycles. The van der Waals surface area contributed by atoms with Crippen LogP contribution in [0.3, 0.4) is 0 Å². The molecule has 0 aliphatic carbocycles. The van der Waals surface area contributed by atoms with Crippen LogP contribution >= 0.6 is 0 Å². The van der Waals surface area contributed by atoms with E-state index in [1.54, 1.807) is 25.5 Å². The molecular weight excluding hydrogens is 352 g/mol. The van der Waals surface area contributed by atoms with Crippen LogP contribution in [0.25, 0.3) is 0 Å². The Morgan fingerprint density at radius 1 is 1.04 bits per heavy atom. The third kappa shape index (κ3) is 3.45. The maximum Gasteiger partial charge on any atom is 0.255 e. The van der Waals surface area contributed by atoms with Gasteiger partial charge in [-0.2, -0.15) is 0 Å². The number of likely N-dealkylation sites (tertiary alicyclic amines) is 1. The Morgan fingerprint density at radius 3 is 2.50 bits per heavy atom. The van der Waals surface area contributed by atoms with Gasteiger partial charge in [0.2, 0.25) is 5.56 Å². The van der Waals surface area contributed by atoms with Crippen LogP contribution in [0.4, 0.5) is 0 Å². The van der Waals surface area contributed by atoms with Crippen LogP contribution in [0.5, 0.6) is 0 Å². The molecule has 28 heavy (non-hydrogen) atoms. The summed E-state index contributed by atoms with van der Waals surface area (Å²) < 4.78 is 1.43. The van der Waals surface area contributed by atoms with Crippen LogP contribution in [-0.4, -0.2) is 38.4 Å². The first-order valence-corrected chi connectivity index (χ1v) is 9.33. The van der Waals surface area contributed by atoms with Crippen molar-refractivity contribution >= 4 is 5.91 Å². The quantitative estimate of drug-likeness (QED) is 0.706. The highest BCUT2D eigenvalue weighted by Gasteiger charge is 2.38. The van der Waals surface area contributed by atoms with E-state index in [1.807, 2.05) is 36.1 Å². The third-order valence-electron chi connectivity index (χ3n) is 5.35. The first kappa shape index (κ1) is 18.1. The van der Waals surface area contributed by atoms with E-state index in [0.717, 1.165) is 11.5 Å². The van der Waals surface area contributed by atoms with Crippen molar-refractivity contribution in [3.05, 3.63) is 93.9 Å². The number of aryl methyl sites for hydroxylation is 2. The maximum absolute atomic E-state index is 13.1. The van der Waals surface area contributed by atoms with Gasteiger partial charge in [0.05, 0.1) is 5.56 Å². The average molecular weight is 374 g/mol. The third-order valence-corrected chi connectivity index (χ3v) is 5.35. The highest BCUT2D eigenvalue weighted by molar-refractivity contribution is 5.94. The molecule has 1 amide bonds. The molecule has 1 aliphatic heterocycles. The van der Waals surface area contributed by atoms with Gasteiger partial charge in [-0.3, -0.25) is 9.59 Å². The number of benzene rings is 1. The summed E-state index contributed by atoms with van der Waals surface area (Å²) in [7, 11) is 1.66. The molecule has 1 aromatic carbocycles. The highest BCUT2D eigenvalue weighted by atomic mass is 16.2. The second kappa shape index (κ2) is 7.38. The summed E-state index contributed by atoms with van der Waals surface area (Å²) in [5.41, 5.74) is 2.54. The highest BCUT2D eigenvalue weighted by Crippen LogP contribution is 2.39. The zero-order chi connectivity index (χ0) is 19.7. The second-order valence-corrected chi connectivity index (χ2v) is 7.23. The fraction of sp³-hybridized carbons (Fsp3) is 0.273. The molecule has 0 unspecified atom stereocenters. The Labute approximate surface area is 163 Å². The molecule has 0 bridgehead atoms. The largest absolute Gasteiger partial charge is 0.337 e. The van der Waals surface area contributed by atoms with Gasteiger partial charge in [0.25, 0.3) is 5.91 Å². The number of hydrogen-bond donors (Lipinski definition) is 0. The van der Waals surface area contributed by atoms with E-state index in [1.165, 1.54) is 16.2 Å². The molecule has 3 aromatic rings. The lowest BCUT2D eigenvalue weighted by Gasteiger charge is -2.18. The minimum atomic E-state index is -0.130. The molecule has 3 heterocycles. The monoisotopic (exact) mass is 374 g/mol. The fourth-order valence-corrected chi connectivity index (χ4v) is 3.89. The molecule has 142 valence electrons. The number of carbonyl (C=O) groups excluding carboxylic acids is 1. The number of aromatic nitrogens is 3. The fourth-order valence-electron chi connectivity index (χ4n) is 3.89. The van der Waals surface area contributed by atoms with Crippen molar-refractivity contribution in [1.82, 2.24) is 19.4 Å². The summed E-state index contributed by atoms with van der Waals surface area (Å²) in [4.78, 5) is 35.4. The first-order valence-electron chi connectivity index (χ1n) is 9.33. The number of amides is 1. The van der Waals surface area contributed by atoms with Gasteiger partial charge in [-0.25, -0.2) is 9.97 Å². The SMILES string of the molecule is Cc1nccc([C@@H]2CN(C(=O)c3ccc(=O)n(C)c3)C[C@H]2c2ccccc2)n1. The van der Waals surface area contributed by atoms with Crippen molar-refractivity contribution in [1.29, 1.82) is 0 Å². The van der Waals surface area contributed by atoms with Gasteiger partial charge in [0, 0.05) is 56.1 Å². The van der Waals surface area contributed by atoms with Crippen LogP contribution in [0.2, 0.25) is 0 Å². The van der Waals surface area contributed by atoms with Crippen LogP contribution in [0, 0.1) is 6.92 Å². The van der Waals surface area contributed by atoms with Crippen LogP contribution in [0.15, 0.2) is 65.7 Å². The average Bonchev–Trinajstić information content (AvgIpc) is 3.16. The molecule has 1 saturated heterocycles. The smallest absolute Gasteiger partial charge is 0.255 e. The molecule has 0 N–H and O–H groups in total. The van der Waals surface area contributed by atoms with Gasteiger partial charge < -0.3 is 9.47 Å². The zero-order valence-electron chi connectivity index (χ0n) is 15.9. The Morgan fingerprint density at radius 2 is 1.79 bits per heavy atom. The summed E-state index contributed by atoms with van der Waals surface area (Å²) in [5.74, 6) is 0.921. The Balaban J connectivity index is 1.68. The number of hydrogen-bond acceptors (Lipinski definition) is 4. The molecule has 1 fully saturated rings. The molecule has 0 saturated carbocycles. The van der Waals surface area contributed by atoms with E-state index in [4.69, 9.17) is 0 Å². The van der Waals surface area contributed by atoms with Gasteiger partial charge in [0.15, 0.2) is 0 Å². The summed E-state index contributed by atoms with van der Waals surface area (Å²) in [6.07, 6.45) is 3.38. The molecular formula is C22H22N4O2. The summed E-state index contributed by atoms with van der Waals surface area (Å²) >= 11 is 0. The zero-order valence-corrected chi connectivity index (χ0v) is 15.9. The van der Waals surface area contributed by atoms with Crippen LogP contribution in [0.1, 0.15) is 39.3 Å². The van der Waals surface area contributed by atoms with E-state index in [2.05, 4.69) is 22.1 Å². The summed E-state index contributed by atoms with van der Waals surface area (Å²) in [6, 6.07) is 15.2. The molecule has 6 heteroatoms. The predicted molar refractivity (Wildman–Crippen MR) is 106 cm³/mol. The normalized spacial score (nSPS) is 19.0. The summed E-state index contributed by atoms with van der Waals surface area (Å²) in [6.45, 7) is 3.07. The van der Waals surface area contributed by atoms with Gasteiger partial charge in [-0.15, -0.1) is 0 Å². The Kier molecular flexibility index (Phi) is 4.77. The number of carbonyl (C=O) groups is 1. The van der Waals surface area contributed by atoms with Gasteiger partial charge >= 0.3 is 0 Å². The van der Waals surface area contributed by atoms with Crippen LogP contribution in [-0.2, 0) is 7.05 Å². The lowest BCUT2D eigenvalue weighted by Crippen LogP contribution is -2.30. The maximum atomic E-state index is 13.1. The van der Waals surface area contributed by atoms with Crippen molar-refractivity contribution in [3.63, 3.8) is 0 Å². The minimum Gasteiger partial charge on any atom is -0.337 e. The molecule has 6 nitrogen and oxygen atoms in total. The van der Waals surface area contributed by atoms with Crippen molar-refractivity contribution < 1.29 is 4.79 Å². The van der Waals surface area contributed by atoms with Crippen molar-refractivity contribution in [2.75, 3.05) is 13.1 Å². The van der Waals surface area contributed by atoms with Crippen molar-refractivity contribution in [2.45, 2.75) is 18.8 Å². The number of rotatable bonds is 3. The predicted octanol–water partition coefficient (Wildman–Crippen LogP) is 2.51. The molecule has 4 rings (SSSR count). The number of nitrogens with zero attached hydrogens (tertiary/aromatic N) is 4. The van der Waals surface area contributed by atoms with E-state index in [-0.39, 0.29) is 23.3 Å². The molecule has 0 spiro atoms. The van der Waals surface area contributed by atoms with Gasteiger partial charge in [0.1, 0.15) is 5.82 Å². The minimum absolute atomic E-state index is 0.0650. The van der Waals surface area contributed by atoms with Gasteiger partial charge in [-0.05, 0) is 24.6 Å². The van der Waals surface area contributed by atoms with Gasteiger partial charge in [-0.1, -0.05) is 30.3 Å². The lowest BCUT2D eigenvalue weighted by atomic mass is 9.87. The van der Waals surface area contributed by atoms with E-state index < -0.39 is 0 Å². The Hall–Kier alpha value is -3.28. The standard InChI is InChI=1S/C22H22N4O2/c1-15-23-11-10-20(24-15)19-14-26(13-18(19)16-6-4-3-5-7-16)22(28)17-8-9-21(27)25(2)12-17/h3-12,18-19H,13-14H2,1-2H3/t18-,19+/m0/s1. The topological polar surface area (TPSA) is 68.1 Å². The Bertz CT molecular complexity index is 1060. The van der Waals surface area contributed by atoms with E-state index in [9.17, 15) is 9.59 Å². The van der Waals surface area contributed by atoms with Crippen LogP contribution < -0.4 is 5.56 Å². The van der Waals surface area contributed by atoms with E-state index >= 15 is 0 Å². The number of pyridine rings is 1. The lowest BCUT2D eigenvalue weighted by molar-refractivity contribution is 0.0788. The molecule has 1 aliphatic rings. The van der Waals surface area contributed by atoms with Crippen molar-refractivity contribution in [2.24, 2.45) is 7.05 Å². The molecule has 2 atom stereocenters.